The van der Waals surface area contributed by atoms with Crippen LogP contribution >= 0.6 is 0 Å². The van der Waals surface area contributed by atoms with Crippen molar-refractivity contribution in [3.63, 3.8) is 0 Å². The van der Waals surface area contributed by atoms with Crippen LogP contribution in [0, 0.1) is 6.92 Å². The number of hydrogen-bond acceptors (Lipinski definition) is 6. The van der Waals surface area contributed by atoms with Gasteiger partial charge in [-0.1, -0.05) is 0 Å². The Hall–Kier alpha value is -2.80. The number of nitrogens with one attached hydrogen (secondary N) is 1. The molecule has 2 heterocycles. The Morgan fingerprint density at radius 1 is 1.17 bits per heavy atom. The fourth-order valence-electron chi connectivity index (χ4n) is 4.52. The number of phenols is 1. The van der Waals surface area contributed by atoms with E-state index in [4.69, 9.17) is 0 Å². The Morgan fingerprint density at radius 3 is 2.40 bits per heavy atom. The minimum atomic E-state index is 0.0582. The highest BCUT2D eigenvalue weighted by molar-refractivity contribution is 5.74. The van der Waals surface area contributed by atoms with Crippen molar-refractivity contribution >= 4 is 24.6 Å². The van der Waals surface area contributed by atoms with Gasteiger partial charge in [-0.3, -0.25) is 4.99 Å². The molecule has 160 valence electrons. The van der Waals surface area contributed by atoms with Crippen LogP contribution in [0.4, 0.5) is 11.5 Å². The number of aromatic hydroxyl groups is 1. The van der Waals surface area contributed by atoms with E-state index in [1.54, 1.807) is 6.07 Å². The van der Waals surface area contributed by atoms with Crippen molar-refractivity contribution in [1.29, 1.82) is 0 Å². The zero-order valence-electron chi connectivity index (χ0n) is 18.8. The van der Waals surface area contributed by atoms with Gasteiger partial charge in [-0.2, -0.15) is 0 Å². The first kappa shape index (κ1) is 21.9. The van der Waals surface area contributed by atoms with E-state index in [-0.39, 0.29) is 16.8 Å². The summed E-state index contributed by atoms with van der Waals surface area (Å²) in [4.78, 5) is 10.00. The lowest BCUT2D eigenvalue weighted by molar-refractivity contribution is 0.160. The van der Waals surface area contributed by atoms with Crippen LogP contribution in [0.15, 0.2) is 34.3 Å². The lowest BCUT2D eigenvalue weighted by atomic mass is 9.79. The molecule has 2 N–H and O–H groups in total. The van der Waals surface area contributed by atoms with E-state index >= 15 is 0 Å². The summed E-state index contributed by atoms with van der Waals surface area (Å²) in [7, 11) is 2.08. The van der Waals surface area contributed by atoms with Gasteiger partial charge in [0.2, 0.25) is 0 Å². The van der Waals surface area contributed by atoms with Gasteiger partial charge in [0.25, 0.3) is 0 Å². The van der Waals surface area contributed by atoms with Gasteiger partial charge < -0.3 is 15.3 Å². The number of aliphatic imine (C=N–C) groups is 2. The van der Waals surface area contributed by atoms with Gasteiger partial charge in [0, 0.05) is 35.8 Å². The van der Waals surface area contributed by atoms with Gasteiger partial charge in [0.1, 0.15) is 12.1 Å². The molecule has 0 bridgehead atoms. The lowest BCUT2D eigenvalue weighted by Crippen LogP contribution is -2.62. The SMILES string of the molecule is C=NC=Nc1cc(O)c(-c2ccc(N(C)C3CC(C)(C)NC(C)(C)C3)nn2)cc1C. The molecule has 1 saturated heterocycles. The first-order chi connectivity index (χ1) is 14.0. The molecule has 0 atom stereocenters. The summed E-state index contributed by atoms with van der Waals surface area (Å²) in [5.41, 5.74) is 2.92. The maximum absolute atomic E-state index is 10.5. The number of benzene rings is 1. The average molecular weight is 409 g/mol. The molecule has 1 aliphatic rings. The zero-order chi connectivity index (χ0) is 22.1. The van der Waals surface area contributed by atoms with Gasteiger partial charge in [0.15, 0.2) is 5.82 Å². The van der Waals surface area contributed by atoms with Crippen LogP contribution in [-0.4, -0.2) is 52.5 Å². The molecule has 0 saturated carbocycles. The highest BCUT2D eigenvalue weighted by Gasteiger charge is 2.39. The Labute approximate surface area is 179 Å². The zero-order valence-corrected chi connectivity index (χ0v) is 18.8. The van der Waals surface area contributed by atoms with Gasteiger partial charge in [-0.05, 0) is 77.9 Å². The first-order valence-electron chi connectivity index (χ1n) is 10.2. The second kappa shape index (κ2) is 8.14. The first-order valence-corrected chi connectivity index (χ1v) is 10.2. The van der Waals surface area contributed by atoms with Gasteiger partial charge in [-0.15, -0.1) is 10.2 Å². The number of piperidine rings is 1. The fraction of sp³-hybridized carbons (Fsp3) is 0.478. The Bertz CT molecular complexity index is 933. The molecule has 7 nitrogen and oxygen atoms in total. The molecule has 30 heavy (non-hydrogen) atoms. The molecule has 2 aromatic rings. The summed E-state index contributed by atoms with van der Waals surface area (Å²) in [5.74, 6) is 0.931. The third kappa shape index (κ3) is 4.84. The van der Waals surface area contributed by atoms with E-state index in [0.717, 1.165) is 24.2 Å². The molecule has 0 unspecified atom stereocenters. The van der Waals surface area contributed by atoms with Gasteiger partial charge in [-0.25, -0.2) is 4.99 Å². The van der Waals surface area contributed by atoms with Gasteiger partial charge >= 0.3 is 0 Å². The molecule has 1 fully saturated rings. The second-order valence-corrected chi connectivity index (χ2v) is 9.43. The van der Waals surface area contributed by atoms with Crippen LogP contribution in [0.5, 0.6) is 5.75 Å². The Balaban J connectivity index is 1.84. The van der Waals surface area contributed by atoms with Crippen LogP contribution in [0.1, 0.15) is 46.1 Å². The molecule has 0 amide bonds. The van der Waals surface area contributed by atoms with E-state index in [1.807, 2.05) is 25.1 Å². The number of rotatable bonds is 5. The van der Waals surface area contributed by atoms with Crippen LogP contribution in [0.2, 0.25) is 0 Å². The molecule has 0 spiro atoms. The number of aromatic nitrogens is 2. The van der Waals surface area contributed by atoms with Crippen molar-refractivity contribution in [2.24, 2.45) is 9.98 Å². The predicted molar refractivity (Wildman–Crippen MR) is 124 cm³/mol. The second-order valence-electron chi connectivity index (χ2n) is 9.43. The highest BCUT2D eigenvalue weighted by Crippen LogP contribution is 2.35. The summed E-state index contributed by atoms with van der Waals surface area (Å²) < 4.78 is 0. The van der Waals surface area contributed by atoms with Crippen LogP contribution in [0.3, 0.4) is 0 Å². The molecular weight excluding hydrogens is 376 g/mol. The van der Waals surface area contributed by atoms with Crippen molar-refractivity contribution in [3.8, 4) is 17.0 Å². The standard InChI is InChI=1S/C23H32N6O/c1-15-10-17(20(30)11-19(15)25-14-24-6)18-8-9-21(27-26-18)29(7)16-12-22(2,3)28-23(4,5)13-16/h8-11,14,16,28,30H,6,12-13H2,1-5,7H3. The fourth-order valence-corrected chi connectivity index (χ4v) is 4.52. The number of hydrogen-bond donors (Lipinski definition) is 2. The maximum Gasteiger partial charge on any atom is 0.151 e. The smallest absolute Gasteiger partial charge is 0.151 e. The minimum Gasteiger partial charge on any atom is -0.507 e. The van der Waals surface area contributed by atoms with Gasteiger partial charge in [0.05, 0.1) is 11.4 Å². The van der Waals surface area contributed by atoms with Crippen LogP contribution in [-0.2, 0) is 0 Å². The molecule has 0 radical (unpaired) electrons. The van der Waals surface area contributed by atoms with E-state index in [1.165, 1.54) is 6.34 Å². The maximum atomic E-state index is 10.5. The lowest BCUT2D eigenvalue weighted by Gasteiger charge is -2.49. The largest absolute Gasteiger partial charge is 0.507 e. The normalized spacial score (nSPS) is 18.5. The summed E-state index contributed by atoms with van der Waals surface area (Å²) in [6.45, 7) is 14.3. The number of phenolic OH excluding ortho intramolecular Hbond substituents is 1. The van der Waals surface area contributed by atoms with Crippen molar-refractivity contribution < 1.29 is 5.11 Å². The predicted octanol–water partition coefficient (Wildman–Crippen LogP) is 4.26. The third-order valence-electron chi connectivity index (χ3n) is 5.60. The molecule has 0 aliphatic carbocycles. The number of nitrogens with zero attached hydrogens (tertiary/aromatic N) is 5. The van der Waals surface area contributed by atoms with Crippen molar-refractivity contribution in [1.82, 2.24) is 15.5 Å². The van der Waals surface area contributed by atoms with Crippen molar-refractivity contribution in [3.05, 3.63) is 29.8 Å². The molecule has 1 aromatic heterocycles. The van der Waals surface area contributed by atoms with Crippen molar-refractivity contribution in [2.75, 3.05) is 11.9 Å². The van der Waals surface area contributed by atoms with Crippen molar-refractivity contribution in [2.45, 2.75) is 64.6 Å². The van der Waals surface area contributed by atoms with Crippen LogP contribution < -0.4 is 10.2 Å². The minimum absolute atomic E-state index is 0.0582. The van der Waals surface area contributed by atoms with E-state index in [2.05, 4.69) is 71.9 Å². The number of anilines is 1. The number of aryl methyl sites for hydroxylation is 1. The molecule has 3 rings (SSSR count). The quantitative estimate of drug-likeness (QED) is 0.570. The average Bonchev–Trinajstić information content (AvgIpc) is 2.65. The van der Waals surface area contributed by atoms with E-state index in [9.17, 15) is 5.11 Å². The summed E-state index contributed by atoms with van der Waals surface area (Å²) in [6, 6.07) is 7.69. The molecule has 7 heteroatoms. The monoisotopic (exact) mass is 408 g/mol. The Kier molecular flexibility index (Phi) is 5.94. The van der Waals surface area contributed by atoms with E-state index < -0.39 is 0 Å². The molecule has 1 aromatic carbocycles. The topological polar surface area (TPSA) is 86.0 Å². The highest BCUT2D eigenvalue weighted by atomic mass is 16.3. The molecule has 1 aliphatic heterocycles. The molecular formula is C23H32N6O. The van der Waals surface area contributed by atoms with E-state index in [0.29, 0.717) is 23.0 Å². The summed E-state index contributed by atoms with van der Waals surface area (Å²) in [6.07, 6.45) is 3.41. The third-order valence-corrected chi connectivity index (χ3v) is 5.60. The van der Waals surface area contributed by atoms with Crippen LogP contribution in [0.25, 0.3) is 11.3 Å². The Morgan fingerprint density at radius 2 is 1.83 bits per heavy atom. The summed E-state index contributed by atoms with van der Waals surface area (Å²) in [5, 5.41) is 23.0. The summed E-state index contributed by atoms with van der Waals surface area (Å²) >= 11 is 0.